The molecule has 4 fully saturated rings. The van der Waals surface area contributed by atoms with E-state index in [4.69, 9.17) is 9.47 Å². The van der Waals surface area contributed by atoms with Crippen molar-refractivity contribution in [3.63, 3.8) is 0 Å². The summed E-state index contributed by atoms with van der Waals surface area (Å²) < 4.78 is 11.3. The fourth-order valence-corrected chi connectivity index (χ4v) is 8.57. The Morgan fingerprint density at radius 2 is 1.92 bits per heavy atom. The zero-order valence-corrected chi connectivity index (χ0v) is 21.4. The normalized spacial score (nSPS) is 32.6. The Kier molecular flexibility index (Phi) is 5.91. The van der Waals surface area contributed by atoms with Crippen LogP contribution in [0.15, 0.2) is 54.7 Å². The van der Waals surface area contributed by atoms with Gasteiger partial charge in [0.15, 0.2) is 5.76 Å². The average Bonchev–Trinajstić information content (AvgIpc) is 2.89. The molecule has 1 aromatic rings. The number of carbonyl (C=O) groups excluding carboxylic acids is 1. The van der Waals surface area contributed by atoms with Crippen LogP contribution in [-0.2, 0) is 27.2 Å². The molecule has 0 aromatic carbocycles. The largest absolute Gasteiger partial charge is 0.466 e. The van der Waals surface area contributed by atoms with Crippen LogP contribution >= 0.6 is 0 Å². The van der Waals surface area contributed by atoms with E-state index in [1.807, 2.05) is 0 Å². The Morgan fingerprint density at radius 1 is 1.11 bits per heavy atom. The highest BCUT2D eigenvalue weighted by Gasteiger charge is 2.51. The van der Waals surface area contributed by atoms with Gasteiger partial charge in [-0.1, -0.05) is 18.2 Å². The number of ether oxygens (including phenoxy) is 2. The van der Waals surface area contributed by atoms with Crippen molar-refractivity contribution in [1.29, 1.82) is 0 Å². The van der Waals surface area contributed by atoms with E-state index in [2.05, 4.69) is 38.4 Å². The van der Waals surface area contributed by atoms with Gasteiger partial charge in [-0.05, 0) is 86.5 Å². The molecule has 1 amide bonds. The SMILES string of the molecule is O=C(CC12CC3CC(CC(C3)C1)C2)Nc1ncnc2c1CCN(C(C1=CC=CCC1)C1=COC=CO1)C2. The minimum absolute atomic E-state index is 0.00728. The van der Waals surface area contributed by atoms with Gasteiger partial charge in [0.05, 0.1) is 11.7 Å². The lowest BCUT2D eigenvalue weighted by Crippen LogP contribution is -2.47. The second-order valence-corrected chi connectivity index (χ2v) is 12.2. The van der Waals surface area contributed by atoms with Crippen molar-refractivity contribution in [2.45, 2.75) is 76.8 Å². The van der Waals surface area contributed by atoms with Gasteiger partial charge in [0.2, 0.25) is 5.91 Å². The summed E-state index contributed by atoms with van der Waals surface area (Å²) in [7, 11) is 0. The number of carbonyl (C=O) groups is 1. The van der Waals surface area contributed by atoms with Gasteiger partial charge in [-0.25, -0.2) is 9.97 Å². The summed E-state index contributed by atoms with van der Waals surface area (Å²) >= 11 is 0. The molecule has 7 nitrogen and oxygen atoms in total. The number of hydrogen-bond donors (Lipinski definition) is 1. The minimum Gasteiger partial charge on any atom is -0.466 e. The molecule has 7 aliphatic rings. The molecule has 0 spiro atoms. The van der Waals surface area contributed by atoms with Crippen molar-refractivity contribution in [1.82, 2.24) is 14.9 Å². The third-order valence-corrected chi connectivity index (χ3v) is 9.55. The number of fused-ring (bicyclic) bond motifs is 1. The predicted molar refractivity (Wildman–Crippen MR) is 140 cm³/mol. The molecule has 1 atom stereocenters. The van der Waals surface area contributed by atoms with Crippen LogP contribution in [-0.4, -0.2) is 33.4 Å². The summed E-state index contributed by atoms with van der Waals surface area (Å²) in [6.45, 7) is 1.50. The molecule has 4 saturated carbocycles. The monoisotopic (exact) mass is 500 g/mol. The fourth-order valence-electron chi connectivity index (χ4n) is 8.57. The second-order valence-electron chi connectivity index (χ2n) is 12.2. The van der Waals surface area contributed by atoms with Crippen molar-refractivity contribution in [2.24, 2.45) is 23.2 Å². The lowest BCUT2D eigenvalue weighted by atomic mass is 9.49. The molecule has 2 aliphatic heterocycles. The van der Waals surface area contributed by atoms with Crippen molar-refractivity contribution in [3.8, 4) is 0 Å². The Labute approximate surface area is 218 Å². The lowest BCUT2D eigenvalue weighted by molar-refractivity contribution is -0.124. The maximum absolute atomic E-state index is 13.3. The Hall–Kier alpha value is -2.93. The third kappa shape index (κ3) is 4.52. The van der Waals surface area contributed by atoms with Gasteiger partial charge in [0, 0.05) is 25.1 Å². The van der Waals surface area contributed by atoms with Gasteiger partial charge in [-0.3, -0.25) is 9.69 Å². The molecule has 3 heterocycles. The van der Waals surface area contributed by atoms with Crippen LogP contribution in [0, 0.1) is 23.2 Å². The maximum atomic E-state index is 13.3. The highest BCUT2D eigenvalue weighted by atomic mass is 16.5. The maximum Gasteiger partial charge on any atom is 0.226 e. The molecule has 1 N–H and O–H groups in total. The third-order valence-electron chi connectivity index (χ3n) is 9.55. The van der Waals surface area contributed by atoms with Crippen LogP contribution in [0.25, 0.3) is 0 Å². The van der Waals surface area contributed by atoms with Crippen LogP contribution in [0.5, 0.6) is 0 Å². The first-order valence-corrected chi connectivity index (χ1v) is 14.0. The fraction of sp³-hybridized carbons (Fsp3) is 0.567. The number of rotatable bonds is 6. The predicted octanol–water partition coefficient (Wildman–Crippen LogP) is 5.38. The second kappa shape index (κ2) is 9.43. The van der Waals surface area contributed by atoms with Crippen LogP contribution in [0.1, 0.15) is 69.0 Å². The zero-order valence-electron chi connectivity index (χ0n) is 21.4. The van der Waals surface area contributed by atoms with Crippen LogP contribution in [0.3, 0.4) is 0 Å². The van der Waals surface area contributed by atoms with E-state index in [0.29, 0.717) is 18.8 Å². The average molecular weight is 501 g/mol. The highest BCUT2D eigenvalue weighted by Crippen LogP contribution is 2.61. The number of aromatic nitrogens is 2. The van der Waals surface area contributed by atoms with E-state index in [-0.39, 0.29) is 17.4 Å². The van der Waals surface area contributed by atoms with Crippen molar-refractivity contribution in [3.05, 3.63) is 65.9 Å². The smallest absolute Gasteiger partial charge is 0.226 e. The Morgan fingerprint density at radius 3 is 2.62 bits per heavy atom. The van der Waals surface area contributed by atoms with Gasteiger partial charge in [-0.2, -0.15) is 0 Å². The highest BCUT2D eigenvalue weighted by molar-refractivity contribution is 5.91. The molecule has 8 rings (SSSR count). The summed E-state index contributed by atoms with van der Waals surface area (Å²) in [6.07, 6.45) is 24.3. The molecule has 5 aliphatic carbocycles. The van der Waals surface area contributed by atoms with Gasteiger partial charge < -0.3 is 14.8 Å². The molecule has 1 unspecified atom stereocenters. The van der Waals surface area contributed by atoms with Crippen molar-refractivity contribution < 1.29 is 14.3 Å². The molecule has 0 radical (unpaired) electrons. The first kappa shape index (κ1) is 23.2. The molecule has 37 heavy (non-hydrogen) atoms. The first-order valence-electron chi connectivity index (χ1n) is 14.0. The minimum atomic E-state index is -0.00728. The van der Waals surface area contributed by atoms with E-state index < -0.39 is 0 Å². The number of nitrogens with one attached hydrogen (secondary N) is 1. The van der Waals surface area contributed by atoms with E-state index in [1.54, 1.807) is 25.1 Å². The van der Waals surface area contributed by atoms with Gasteiger partial charge in [-0.15, -0.1) is 0 Å². The molecule has 194 valence electrons. The summed E-state index contributed by atoms with van der Waals surface area (Å²) in [4.78, 5) is 24.9. The van der Waals surface area contributed by atoms with Crippen LogP contribution in [0.4, 0.5) is 5.82 Å². The van der Waals surface area contributed by atoms with Crippen molar-refractivity contribution in [2.75, 3.05) is 11.9 Å². The van der Waals surface area contributed by atoms with Gasteiger partial charge in [0.1, 0.15) is 30.9 Å². The molecular weight excluding hydrogens is 464 g/mol. The summed E-state index contributed by atoms with van der Waals surface area (Å²) in [6, 6.07) is -0.00728. The quantitative estimate of drug-likeness (QED) is 0.565. The lowest BCUT2D eigenvalue weighted by Gasteiger charge is -2.56. The number of amides is 1. The number of anilines is 1. The van der Waals surface area contributed by atoms with Crippen LogP contribution < -0.4 is 5.32 Å². The Bertz CT molecular complexity index is 1160. The standard InChI is InChI=1S/C30H36N4O3/c35-27(16-30-13-20-10-21(14-30)12-22(11-20)15-30)33-29-24-6-7-34(17-25(24)31-19-32-29)28(23-4-2-1-3-5-23)26-18-36-8-9-37-26/h1-2,4,8-9,18-22,28H,3,5-7,10-17H2,(H,31,32,33,35). The number of nitrogens with zero attached hydrogens (tertiary/aromatic N) is 3. The topological polar surface area (TPSA) is 76.6 Å². The van der Waals surface area contributed by atoms with E-state index in [0.717, 1.165) is 60.6 Å². The molecule has 0 saturated heterocycles. The first-order chi connectivity index (χ1) is 18.1. The van der Waals surface area contributed by atoms with E-state index in [9.17, 15) is 4.79 Å². The van der Waals surface area contributed by atoms with Crippen LogP contribution in [0.2, 0.25) is 0 Å². The molecule has 7 heteroatoms. The number of allylic oxidation sites excluding steroid dienone is 3. The molecular formula is C30H36N4O3. The molecule has 4 bridgehead atoms. The zero-order chi connectivity index (χ0) is 24.8. The van der Waals surface area contributed by atoms with E-state index in [1.165, 1.54) is 44.1 Å². The van der Waals surface area contributed by atoms with Gasteiger partial charge in [0.25, 0.3) is 0 Å². The van der Waals surface area contributed by atoms with E-state index >= 15 is 0 Å². The number of hydrogen-bond acceptors (Lipinski definition) is 6. The Balaban J connectivity index is 1.08. The summed E-state index contributed by atoms with van der Waals surface area (Å²) in [5.74, 6) is 4.18. The van der Waals surface area contributed by atoms with Gasteiger partial charge >= 0.3 is 0 Å². The summed E-state index contributed by atoms with van der Waals surface area (Å²) in [5.41, 5.74) is 3.59. The molecule has 1 aromatic heterocycles. The van der Waals surface area contributed by atoms with Crippen molar-refractivity contribution >= 4 is 11.7 Å². The summed E-state index contributed by atoms with van der Waals surface area (Å²) in [5, 5.41) is 3.22.